The highest BCUT2D eigenvalue weighted by Crippen LogP contribution is 2.24. The Morgan fingerprint density at radius 3 is 2.50 bits per heavy atom. The van der Waals surface area contributed by atoms with Crippen molar-refractivity contribution in [3.8, 4) is 11.3 Å². The van der Waals surface area contributed by atoms with E-state index in [0.29, 0.717) is 34.5 Å². The quantitative estimate of drug-likeness (QED) is 0.446. The summed E-state index contributed by atoms with van der Waals surface area (Å²) in [6.07, 6.45) is 0.777. The lowest BCUT2D eigenvalue weighted by molar-refractivity contribution is -0.119. The summed E-state index contributed by atoms with van der Waals surface area (Å²) in [5.41, 5.74) is 3.97. The van der Waals surface area contributed by atoms with Gasteiger partial charge in [0.05, 0.1) is 17.6 Å². The molecule has 0 fully saturated rings. The minimum Gasteiger partial charge on any atom is -0.376 e. The van der Waals surface area contributed by atoms with E-state index in [9.17, 15) is 9.59 Å². The lowest BCUT2D eigenvalue weighted by atomic mass is 10.1. The van der Waals surface area contributed by atoms with Gasteiger partial charge < -0.3 is 15.6 Å². The minimum atomic E-state index is -0.268. The van der Waals surface area contributed by atoms with Gasteiger partial charge in [-0.15, -0.1) is 0 Å². The van der Waals surface area contributed by atoms with Crippen LogP contribution in [0.15, 0.2) is 83.7 Å². The number of aromatic nitrogens is 2. The summed E-state index contributed by atoms with van der Waals surface area (Å²) in [4.78, 5) is 32.2. The summed E-state index contributed by atoms with van der Waals surface area (Å²) in [5, 5.41) is 6.04. The number of carbonyl (C=O) groups is 1. The summed E-state index contributed by atoms with van der Waals surface area (Å²) in [6.45, 7) is 0.676. The smallest absolute Gasteiger partial charge is 0.275 e. The molecule has 1 heterocycles. The molecule has 3 aromatic carbocycles. The Balaban J connectivity index is 1.44. The van der Waals surface area contributed by atoms with Crippen LogP contribution < -0.4 is 16.2 Å². The normalized spacial score (nSPS) is 10.7. The predicted molar refractivity (Wildman–Crippen MR) is 119 cm³/mol. The van der Waals surface area contributed by atoms with Crippen LogP contribution in [0.3, 0.4) is 0 Å². The Bertz CT molecular complexity index is 1220. The van der Waals surface area contributed by atoms with Gasteiger partial charge in [0.2, 0.25) is 5.91 Å². The van der Waals surface area contributed by atoms with Crippen molar-refractivity contribution in [3.63, 3.8) is 0 Å². The summed E-state index contributed by atoms with van der Waals surface area (Å²) in [7, 11) is 0. The van der Waals surface area contributed by atoms with Crippen LogP contribution in [0, 0.1) is 0 Å². The van der Waals surface area contributed by atoms with Crippen molar-refractivity contribution in [3.05, 3.63) is 94.8 Å². The number of benzene rings is 3. The van der Waals surface area contributed by atoms with Crippen LogP contribution in [0.4, 0.5) is 5.69 Å². The molecule has 0 aliphatic heterocycles. The van der Waals surface area contributed by atoms with Crippen LogP contribution in [0.25, 0.3) is 22.3 Å². The molecule has 0 aliphatic carbocycles. The van der Waals surface area contributed by atoms with Gasteiger partial charge in [0.25, 0.3) is 5.56 Å². The molecule has 0 unspecified atom stereocenters. The minimum absolute atomic E-state index is 0.108. The van der Waals surface area contributed by atoms with Crippen molar-refractivity contribution >= 4 is 22.6 Å². The fourth-order valence-corrected chi connectivity index (χ4v) is 3.28. The first-order valence-corrected chi connectivity index (χ1v) is 9.84. The Kier molecular flexibility index (Phi) is 5.85. The molecule has 0 saturated carbocycles. The van der Waals surface area contributed by atoms with E-state index < -0.39 is 0 Å². The number of aromatic amines is 1. The lowest BCUT2D eigenvalue weighted by Gasteiger charge is -2.12. The van der Waals surface area contributed by atoms with Crippen molar-refractivity contribution < 1.29 is 4.79 Å². The van der Waals surface area contributed by atoms with Crippen LogP contribution in [0.5, 0.6) is 0 Å². The molecule has 0 aliphatic rings. The standard InChI is InChI=1S/C24H22N4O2/c29-22(25-15-14-17-8-2-1-3-9-17)16-26-19-11-5-4-10-18(19)23-24(30)28-21-13-7-6-12-20(21)27-23/h1-13,26H,14-16H2,(H,25,29)(H,28,30). The monoisotopic (exact) mass is 398 g/mol. The largest absolute Gasteiger partial charge is 0.376 e. The number of para-hydroxylation sites is 3. The topological polar surface area (TPSA) is 86.9 Å². The van der Waals surface area contributed by atoms with E-state index in [0.717, 1.165) is 6.42 Å². The van der Waals surface area contributed by atoms with E-state index in [4.69, 9.17) is 0 Å². The molecule has 0 spiro atoms. The molecule has 6 nitrogen and oxygen atoms in total. The predicted octanol–water partition coefficient (Wildman–Crippen LogP) is 3.36. The fraction of sp³-hybridized carbons (Fsp3) is 0.125. The highest BCUT2D eigenvalue weighted by molar-refractivity contribution is 5.85. The zero-order chi connectivity index (χ0) is 20.8. The van der Waals surface area contributed by atoms with Crippen molar-refractivity contribution in [2.45, 2.75) is 6.42 Å². The first kappa shape index (κ1) is 19.4. The van der Waals surface area contributed by atoms with Crippen LogP contribution in [-0.2, 0) is 11.2 Å². The highest BCUT2D eigenvalue weighted by atomic mass is 16.2. The van der Waals surface area contributed by atoms with Crippen molar-refractivity contribution in [1.29, 1.82) is 0 Å². The van der Waals surface area contributed by atoms with Gasteiger partial charge in [-0.1, -0.05) is 60.7 Å². The molecule has 4 rings (SSSR count). The van der Waals surface area contributed by atoms with Crippen molar-refractivity contribution in [2.75, 3.05) is 18.4 Å². The summed E-state index contributed by atoms with van der Waals surface area (Å²) in [5.74, 6) is -0.110. The van der Waals surface area contributed by atoms with Gasteiger partial charge in [-0.25, -0.2) is 4.98 Å². The molecule has 0 radical (unpaired) electrons. The number of carbonyl (C=O) groups excluding carboxylic acids is 1. The van der Waals surface area contributed by atoms with E-state index >= 15 is 0 Å². The maximum Gasteiger partial charge on any atom is 0.275 e. The van der Waals surface area contributed by atoms with Gasteiger partial charge >= 0.3 is 0 Å². The molecule has 1 aromatic heterocycles. The second kappa shape index (κ2) is 9.05. The Morgan fingerprint density at radius 2 is 1.63 bits per heavy atom. The van der Waals surface area contributed by atoms with E-state index in [2.05, 4.69) is 20.6 Å². The van der Waals surface area contributed by atoms with Gasteiger partial charge in [-0.2, -0.15) is 0 Å². The number of amides is 1. The van der Waals surface area contributed by atoms with Crippen molar-refractivity contribution in [1.82, 2.24) is 15.3 Å². The van der Waals surface area contributed by atoms with E-state index in [-0.39, 0.29) is 18.0 Å². The maximum absolute atomic E-state index is 12.6. The van der Waals surface area contributed by atoms with Crippen LogP contribution in [0.2, 0.25) is 0 Å². The van der Waals surface area contributed by atoms with E-state index in [1.165, 1.54) is 5.56 Å². The van der Waals surface area contributed by atoms with E-state index in [1.54, 1.807) is 0 Å². The van der Waals surface area contributed by atoms with Crippen LogP contribution >= 0.6 is 0 Å². The van der Waals surface area contributed by atoms with Crippen LogP contribution in [-0.4, -0.2) is 29.0 Å². The second-order valence-corrected chi connectivity index (χ2v) is 6.92. The lowest BCUT2D eigenvalue weighted by Crippen LogP contribution is -2.31. The molecule has 0 saturated heterocycles. The number of fused-ring (bicyclic) bond motifs is 1. The van der Waals surface area contributed by atoms with Gasteiger partial charge in [0, 0.05) is 17.8 Å². The van der Waals surface area contributed by atoms with Gasteiger partial charge in [0.1, 0.15) is 5.69 Å². The Labute approximate surface area is 174 Å². The molecule has 1 amide bonds. The average molecular weight is 398 g/mol. The van der Waals surface area contributed by atoms with Gasteiger partial charge in [-0.3, -0.25) is 9.59 Å². The average Bonchev–Trinajstić information content (AvgIpc) is 2.78. The first-order chi connectivity index (χ1) is 14.7. The third kappa shape index (κ3) is 4.55. The number of hydrogen-bond donors (Lipinski definition) is 3. The molecule has 30 heavy (non-hydrogen) atoms. The van der Waals surface area contributed by atoms with E-state index in [1.807, 2.05) is 78.9 Å². The summed E-state index contributed by atoms with van der Waals surface area (Å²) < 4.78 is 0. The zero-order valence-electron chi connectivity index (χ0n) is 16.4. The molecule has 6 heteroatoms. The zero-order valence-corrected chi connectivity index (χ0v) is 16.4. The fourth-order valence-electron chi connectivity index (χ4n) is 3.28. The van der Waals surface area contributed by atoms with Crippen molar-refractivity contribution in [2.24, 2.45) is 0 Å². The highest BCUT2D eigenvalue weighted by Gasteiger charge is 2.12. The SMILES string of the molecule is O=C(CNc1ccccc1-c1nc2ccccc2[nH]c1=O)NCCc1ccccc1. The van der Waals surface area contributed by atoms with Gasteiger partial charge in [0.15, 0.2) is 0 Å². The first-order valence-electron chi connectivity index (χ1n) is 9.84. The van der Waals surface area contributed by atoms with Crippen LogP contribution in [0.1, 0.15) is 5.56 Å². The number of nitrogens with zero attached hydrogens (tertiary/aromatic N) is 1. The molecule has 4 aromatic rings. The molecular weight excluding hydrogens is 376 g/mol. The summed E-state index contributed by atoms with van der Waals surface area (Å²) in [6, 6.07) is 24.8. The third-order valence-corrected chi connectivity index (χ3v) is 4.80. The number of anilines is 1. The third-order valence-electron chi connectivity index (χ3n) is 4.80. The van der Waals surface area contributed by atoms with Gasteiger partial charge in [-0.05, 0) is 30.2 Å². The Morgan fingerprint density at radius 1 is 0.900 bits per heavy atom. The molecule has 0 atom stereocenters. The Hall–Kier alpha value is -3.93. The summed E-state index contributed by atoms with van der Waals surface area (Å²) >= 11 is 0. The number of nitrogens with one attached hydrogen (secondary N) is 3. The molecule has 150 valence electrons. The molecule has 3 N–H and O–H groups in total. The molecular formula is C24H22N4O2. The number of hydrogen-bond acceptors (Lipinski definition) is 4. The molecule has 0 bridgehead atoms. The number of H-pyrrole nitrogens is 1. The second-order valence-electron chi connectivity index (χ2n) is 6.92. The number of rotatable bonds is 7. The maximum atomic E-state index is 12.6.